The van der Waals surface area contributed by atoms with Crippen LogP contribution in [0.3, 0.4) is 0 Å². The van der Waals surface area contributed by atoms with Crippen molar-refractivity contribution in [1.82, 2.24) is 0 Å². The summed E-state index contributed by atoms with van der Waals surface area (Å²) in [7, 11) is 0. The van der Waals surface area contributed by atoms with Crippen LogP contribution in [0.2, 0.25) is 0 Å². The fourth-order valence-electron chi connectivity index (χ4n) is 0.547. The number of aliphatic hydroxyl groups is 2. The molecule has 0 amide bonds. The van der Waals surface area contributed by atoms with Crippen LogP contribution < -0.4 is 0 Å². The van der Waals surface area contributed by atoms with E-state index in [2.05, 4.69) is 0 Å². The highest BCUT2D eigenvalue weighted by atomic mass is 16.3. The maximum Gasteiger partial charge on any atom is 0.0773 e. The summed E-state index contributed by atoms with van der Waals surface area (Å²) in [5.41, 5.74) is 0. The Balaban J connectivity index is 3.06. The predicted molar refractivity (Wildman–Crippen MR) is 37.1 cm³/mol. The van der Waals surface area contributed by atoms with Gasteiger partial charge in [0.25, 0.3) is 0 Å². The summed E-state index contributed by atoms with van der Waals surface area (Å²) in [5, 5.41) is 17.2. The monoisotopic (exact) mass is 130 g/mol. The van der Waals surface area contributed by atoms with Gasteiger partial charge in [0.1, 0.15) is 0 Å². The van der Waals surface area contributed by atoms with Crippen LogP contribution in [0.1, 0.15) is 19.8 Å². The Bertz CT molecular complexity index is 79.0. The number of hydrogen-bond acceptors (Lipinski definition) is 2. The third-order valence-corrected chi connectivity index (χ3v) is 1.11. The average Bonchev–Trinajstić information content (AvgIpc) is 1.89. The topological polar surface area (TPSA) is 40.5 Å². The van der Waals surface area contributed by atoms with E-state index in [0.29, 0.717) is 6.42 Å². The molecule has 0 aliphatic heterocycles. The summed E-state index contributed by atoms with van der Waals surface area (Å²) in [5.74, 6) is 0. The molecule has 0 saturated carbocycles. The van der Waals surface area contributed by atoms with E-state index in [1.165, 1.54) is 0 Å². The molecule has 0 aliphatic carbocycles. The molecule has 0 rings (SSSR count). The highest BCUT2D eigenvalue weighted by molar-refractivity contribution is 4.77. The van der Waals surface area contributed by atoms with Gasteiger partial charge in [-0.15, -0.1) is 0 Å². The van der Waals surface area contributed by atoms with Gasteiger partial charge < -0.3 is 10.2 Å². The van der Waals surface area contributed by atoms with E-state index in [4.69, 9.17) is 10.2 Å². The lowest BCUT2D eigenvalue weighted by Gasteiger charge is -2.02. The van der Waals surface area contributed by atoms with Crippen LogP contribution in [0, 0.1) is 0 Å². The Kier molecular flexibility index (Phi) is 5.57. The van der Waals surface area contributed by atoms with E-state index in [-0.39, 0.29) is 6.61 Å². The van der Waals surface area contributed by atoms with Crippen LogP contribution in [0.25, 0.3) is 0 Å². The maximum absolute atomic E-state index is 8.80. The highest BCUT2D eigenvalue weighted by Crippen LogP contribution is 1.96. The van der Waals surface area contributed by atoms with Crippen molar-refractivity contribution in [1.29, 1.82) is 0 Å². The van der Waals surface area contributed by atoms with Crippen molar-refractivity contribution in [3.8, 4) is 0 Å². The second-order valence-corrected chi connectivity index (χ2v) is 1.98. The molecular weight excluding hydrogens is 116 g/mol. The van der Waals surface area contributed by atoms with Gasteiger partial charge in [-0.25, -0.2) is 0 Å². The fourth-order valence-corrected chi connectivity index (χ4v) is 0.547. The van der Waals surface area contributed by atoms with E-state index >= 15 is 0 Å². The Labute approximate surface area is 55.8 Å². The fraction of sp³-hybridized carbons (Fsp3) is 0.714. The van der Waals surface area contributed by atoms with Gasteiger partial charge in [0.2, 0.25) is 0 Å². The molecule has 0 heterocycles. The van der Waals surface area contributed by atoms with Gasteiger partial charge in [-0.3, -0.25) is 0 Å². The number of hydrogen-bond donors (Lipinski definition) is 2. The molecule has 0 bridgehead atoms. The molecule has 2 heteroatoms. The Morgan fingerprint density at radius 1 is 1.56 bits per heavy atom. The predicted octanol–water partition coefficient (Wildman–Crippen LogP) is 0.696. The van der Waals surface area contributed by atoms with Crippen molar-refractivity contribution in [3.63, 3.8) is 0 Å². The first-order chi connectivity index (χ1) is 4.31. The molecule has 9 heavy (non-hydrogen) atoms. The zero-order valence-corrected chi connectivity index (χ0v) is 5.75. The van der Waals surface area contributed by atoms with Gasteiger partial charge in [-0.1, -0.05) is 12.2 Å². The van der Waals surface area contributed by atoms with Gasteiger partial charge in [-0.2, -0.15) is 0 Å². The summed E-state index contributed by atoms with van der Waals surface area (Å²) in [6.45, 7) is 1.81. The highest BCUT2D eigenvalue weighted by Gasteiger charge is 1.97. The van der Waals surface area contributed by atoms with Crippen molar-refractivity contribution in [2.75, 3.05) is 6.61 Å². The van der Waals surface area contributed by atoms with Crippen LogP contribution in [0.5, 0.6) is 0 Å². The maximum atomic E-state index is 8.80. The molecule has 0 aromatic rings. The number of allylic oxidation sites excluding steroid dienone is 2. The van der Waals surface area contributed by atoms with Crippen LogP contribution in [0.4, 0.5) is 0 Å². The normalized spacial score (nSPS) is 14.6. The standard InChI is InChI=1S/C7H14O2/c1-2-3-4-5-7(9)6-8/h2-3,7-9H,4-6H2,1H3/b3-2+. The third-order valence-electron chi connectivity index (χ3n) is 1.11. The SMILES string of the molecule is C/C=C/CCC(O)CO. The van der Waals surface area contributed by atoms with Crippen LogP contribution in [-0.4, -0.2) is 22.9 Å². The first-order valence-corrected chi connectivity index (χ1v) is 3.21. The smallest absolute Gasteiger partial charge is 0.0773 e. The molecule has 0 spiro atoms. The molecule has 2 nitrogen and oxygen atoms in total. The Morgan fingerprint density at radius 3 is 2.67 bits per heavy atom. The van der Waals surface area contributed by atoms with E-state index in [1.54, 1.807) is 0 Å². The molecule has 0 fully saturated rings. The molecule has 0 saturated heterocycles. The molecule has 0 aromatic heterocycles. The summed E-state index contributed by atoms with van der Waals surface area (Å²) < 4.78 is 0. The van der Waals surface area contributed by atoms with Crippen molar-refractivity contribution < 1.29 is 10.2 Å². The molecule has 0 aliphatic rings. The zero-order valence-electron chi connectivity index (χ0n) is 5.75. The minimum absolute atomic E-state index is 0.127. The van der Waals surface area contributed by atoms with Crippen molar-refractivity contribution in [2.24, 2.45) is 0 Å². The summed E-state index contributed by atoms with van der Waals surface area (Å²) >= 11 is 0. The van der Waals surface area contributed by atoms with E-state index in [0.717, 1.165) is 6.42 Å². The second-order valence-electron chi connectivity index (χ2n) is 1.98. The lowest BCUT2D eigenvalue weighted by molar-refractivity contribution is 0.0891. The minimum Gasteiger partial charge on any atom is -0.394 e. The van der Waals surface area contributed by atoms with Gasteiger partial charge in [-0.05, 0) is 19.8 Å². The molecule has 1 atom stereocenters. The molecule has 0 aromatic carbocycles. The van der Waals surface area contributed by atoms with Crippen molar-refractivity contribution in [3.05, 3.63) is 12.2 Å². The average molecular weight is 130 g/mol. The van der Waals surface area contributed by atoms with Gasteiger partial charge in [0.15, 0.2) is 0 Å². The first-order valence-electron chi connectivity index (χ1n) is 3.21. The Hall–Kier alpha value is -0.340. The quantitative estimate of drug-likeness (QED) is 0.550. The molecule has 1 unspecified atom stereocenters. The van der Waals surface area contributed by atoms with Crippen molar-refractivity contribution in [2.45, 2.75) is 25.9 Å². The molecule has 54 valence electrons. The van der Waals surface area contributed by atoms with Gasteiger partial charge in [0.05, 0.1) is 12.7 Å². The molecule has 2 N–H and O–H groups in total. The molecule has 0 radical (unpaired) electrons. The van der Waals surface area contributed by atoms with Crippen molar-refractivity contribution >= 4 is 0 Å². The lowest BCUT2D eigenvalue weighted by Crippen LogP contribution is -2.10. The third kappa shape index (κ3) is 5.53. The Morgan fingerprint density at radius 2 is 2.22 bits per heavy atom. The summed E-state index contributed by atoms with van der Waals surface area (Å²) in [6.07, 6.45) is 4.86. The second kappa shape index (κ2) is 5.79. The number of aliphatic hydroxyl groups excluding tert-OH is 2. The summed E-state index contributed by atoms with van der Waals surface area (Å²) in [4.78, 5) is 0. The van der Waals surface area contributed by atoms with E-state index in [1.807, 2.05) is 19.1 Å². The zero-order chi connectivity index (χ0) is 7.11. The van der Waals surface area contributed by atoms with Crippen LogP contribution in [-0.2, 0) is 0 Å². The first kappa shape index (κ1) is 8.66. The van der Waals surface area contributed by atoms with Gasteiger partial charge in [0, 0.05) is 0 Å². The largest absolute Gasteiger partial charge is 0.394 e. The summed E-state index contributed by atoms with van der Waals surface area (Å²) in [6, 6.07) is 0. The minimum atomic E-state index is -0.541. The lowest BCUT2D eigenvalue weighted by atomic mass is 10.2. The van der Waals surface area contributed by atoms with Crippen LogP contribution in [0.15, 0.2) is 12.2 Å². The van der Waals surface area contributed by atoms with Crippen LogP contribution >= 0.6 is 0 Å². The number of rotatable bonds is 4. The molecular formula is C7H14O2. The van der Waals surface area contributed by atoms with E-state index in [9.17, 15) is 0 Å². The van der Waals surface area contributed by atoms with Gasteiger partial charge >= 0.3 is 0 Å². The van der Waals surface area contributed by atoms with E-state index < -0.39 is 6.10 Å².